The molecule has 0 aliphatic heterocycles. The second-order valence-corrected chi connectivity index (χ2v) is 6.17. The molecule has 19 heavy (non-hydrogen) atoms. The van der Waals surface area contributed by atoms with Crippen molar-refractivity contribution < 1.29 is 0 Å². The number of rotatable bonds is 3. The van der Waals surface area contributed by atoms with Crippen molar-refractivity contribution >= 4 is 48.7 Å². The van der Waals surface area contributed by atoms with Crippen molar-refractivity contribution in [1.82, 2.24) is 0 Å². The van der Waals surface area contributed by atoms with Crippen LogP contribution in [0.3, 0.4) is 0 Å². The lowest BCUT2D eigenvalue weighted by Crippen LogP contribution is -2.01. The van der Waals surface area contributed by atoms with Crippen LogP contribution in [0, 0.1) is 0 Å². The van der Waals surface area contributed by atoms with Crippen LogP contribution in [0.2, 0.25) is 0 Å². The Morgan fingerprint density at radius 2 is 2.00 bits per heavy atom. The Hall–Kier alpha value is -1.52. The average molecular weight is 333 g/mol. The number of nitrogen functional groups attached to an aromatic ring is 1. The van der Waals surface area contributed by atoms with Crippen LogP contribution in [0.15, 0.2) is 52.3 Å². The van der Waals surface area contributed by atoms with Gasteiger partial charge in [0.1, 0.15) is 0 Å². The highest BCUT2D eigenvalue weighted by molar-refractivity contribution is 9.10. The Kier molecular flexibility index (Phi) is 3.44. The van der Waals surface area contributed by atoms with Crippen molar-refractivity contribution in [3.8, 4) is 0 Å². The third-order valence-electron chi connectivity index (χ3n) is 3.04. The molecule has 2 aromatic carbocycles. The molecule has 0 saturated carbocycles. The normalized spacial score (nSPS) is 10.8. The minimum atomic E-state index is 0.758. The van der Waals surface area contributed by atoms with E-state index in [2.05, 4.69) is 50.9 Å². The molecule has 0 bridgehead atoms. The SMILES string of the molecule is Nc1cc(Br)ccc1NCc1csc2ccccc12. The van der Waals surface area contributed by atoms with Crippen molar-refractivity contribution in [1.29, 1.82) is 0 Å². The van der Waals surface area contributed by atoms with Gasteiger partial charge in [0.05, 0.1) is 11.4 Å². The molecule has 4 heteroatoms. The molecule has 96 valence electrons. The summed E-state index contributed by atoms with van der Waals surface area (Å²) >= 11 is 5.19. The minimum Gasteiger partial charge on any atom is -0.397 e. The third kappa shape index (κ3) is 2.60. The van der Waals surface area contributed by atoms with Crippen molar-refractivity contribution in [2.45, 2.75) is 6.54 Å². The van der Waals surface area contributed by atoms with Crippen LogP contribution < -0.4 is 11.1 Å². The van der Waals surface area contributed by atoms with E-state index in [0.717, 1.165) is 22.4 Å². The molecule has 0 amide bonds. The van der Waals surface area contributed by atoms with Gasteiger partial charge in [-0.05, 0) is 40.6 Å². The van der Waals surface area contributed by atoms with Gasteiger partial charge in [-0.1, -0.05) is 34.1 Å². The molecule has 3 N–H and O–H groups in total. The van der Waals surface area contributed by atoms with Gasteiger partial charge in [-0.3, -0.25) is 0 Å². The molecule has 3 rings (SSSR count). The number of anilines is 2. The van der Waals surface area contributed by atoms with Crippen LogP contribution in [0.5, 0.6) is 0 Å². The van der Waals surface area contributed by atoms with Gasteiger partial charge < -0.3 is 11.1 Å². The zero-order valence-corrected chi connectivity index (χ0v) is 12.6. The third-order valence-corrected chi connectivity index (χ3v) is 4.55. The molecule has 0 aliphatic carbocycles. The summed E-state index contributed by atoms with van der Waals surface area (Å²) in [6, 6.07) is 14.4. The number of halogens is 1. The van der Waals surface area contributed by atoms with Crippen LogP contribution in [-0.4, -0.2) is 0 Å². The van der Waals surface area contributed by atoms with Crippen LogP contribution in [0.4, 0.5) is 11.4 Å². The maximum Gasteiger partial charge on any atom is 0.0577 e. The first-order chi connectivity index (χ1) is 9.24. The molecule has 3 aromatic rings. The van der Waals surface area contributed by atoms with E-state index in [9.17, 15) is 0 Å². The number of nitrogens with one attached hydrogen (secondary N) is 1. The largest absolute Gasteiger partial charge is 0.397 e. The van der Waals surface area contributed by atoms with E-state index in [4.69, 9.17) is 5.73 Å². The first kappa shape index (κ1) is 12.5. The number of nitrogens with two attached hydrogens (primary N) is 1. The Balaban J connectivity index is 1.82. The number of hydrogen-bond acceptors (Lipinski definition) is 3. The average Bonchev–Trinajstić information content (AvgIpc) is 2.81. The van der Waals surface area contributed by atoms with E-state index < -0.39 is 0 Å². The lowest BCUT2D eigenvalue weighted by molar-refractivity contribution is 1.18. The molecule has 2 nitrogen and oxygen atoms in total. The van der Waals surface area contributed by atoms with E-state index in [-0.39, 0.29) is 0 Å². The highest BCUT2D eigenvalue weighted by Gasteiger charge is 2.04. The van der Waals surface area contributed by atoms with Gasteiger partial charge in [0, 0.05) is 15.7 Å². The highest BCUT2D eigenvalue weighted by atomic mass is 79.9. The molecule has 0 aliphatic rings. The Bertz CT molecular complexity index is 721. The van der Waals surface area contributed by atoms with Crippen LogP contribution in [0.1, 0.15) is 5.56 Å². The molecule has 0 atom stereocenters. The van der Waals surface area contributed by atoms with Crippen LogP contribution in [-0.2, 0) is 6.54 Å². The standard InChI is InChI=1S/C15H13BrN2S/c16-11-5-6-14(13(17)7-11)18-8-10-9-19-15-4-2-1-3-12(10)15/h1-7,9,18H,8,17H2. The van der Waals surface area contributed by atoms with Crippen molar-refractivity contribution in [3.63, 3.8) is 0 Å². The Morgan fingerprint density at radius 1 is 1.16 bits per heavy atom. The molecular weight excluding hydrogens is 320 g/mol. The lowest BCUT2D eigenvalue weighted by atomic mass is 10.1. The fourth-order valence-corrected chi connectivity index (χ4v) is 3.40. The molecule has 1 heterocycles. The second-order valence-electron chi connectivity index (χ2n) is 4.34. The monoisotopic (exact) mass is 332 g/mol. The molecule has 0 spiro atoms. The van der Waals surface area contributed by atoms with Crippen molar-refractivity contribution in [2.24, 2.45) is 0 Å². The molecule has 0 saturated heterocycles. The Labute approximate surface area is 124 Å². The van der Waals surface area contributed by atoms with Crippen LogP contribution >= 0.6 is 27.3 Å². The maximum atomic E-state index is 5.98. The zero-order valence-electron chi connectivity index (χ0n) is 10.2. The molecule has 0 unspecified atom stereocenters. The van der Waals surface area contributed by atoms with E-state index in [1.807, 2.05) is 18.2 Å². The topological polar surface area (TPSA) is 38.0 Å². The first-order valence-corrected chi connectivity index (χ1v) is 7.65. The molecule has 0 fully saturated rings. The predicted octanol–water partition coefficient (Wildman–Crippen LogP) is 4.86. The summed E-state index contributed by atoms with van der Waals surface area (Å²) in [5.74, 6) is 0. The predicted molar refractivity (Wildman–Crippen MR) is 87.7 cm³/mol. The molecular formula is C15H13BrN2S. The maximum absolute atomic E-state index is 5.98. The summed E-state index contributed by atoms with van der Waals surface area (Å²) in [5.41, 5.74) is 9.02. The second kappa shape index (κ2) is 5.23. The lowest BCUT2D eigenvalue weighted by Gasteiger charge is -2.09. The first-order valence-electron chi connectivity index (χ1n) is 5.98. The van der Waals surface area contributed by atoms with E-state index in [1.54, 1.807) is 11.3 Å². The van der Waals surface area contributed by atoms with Gasteiger partial charge in [0.25, 0.3) is 0 Å². The van der Waals surface area contributed by atoms with Gasteiger partial charge >= 0.3 is 0 Å². The number of hydrogen-bond donors (Lipinski definition) is 2. The molecule has 0 radical (unpaired) electrons. The number of benzene rings is 2. The van der Waals surface area contributed by atoms with Gasteiger partial charge in [-0.2, -0.15) is 0 Å². The number of fused-ring (bicyclic) bond motifs is 1. The Morgan fingerprint density at radius 3 is 2.84 bits per heavy atom. The summed E-state index contributed by atoms with van der Waals surface area (Å²) in [5, 5.41) is 6.91. The fraction of sp³-hybridized carbons (Fsp3) is 0.0667. The number of thiophene rings is 1. The smallest absolute Gasteiger partial charge is 0.0577 e. The van der Waals surface area contributed by atoms with Crippen molar-refractivity contribution in [3.05, 3.63) is 57.9 Å². The van der Waals surface area contributed by atoms with Gasteiger partial charge in [-0.15, -0.1) is 11.3 Å². The van der Waals surface area contributed by atoms with E-state index in [1.165, 1.54) is 15.6 Å². The summed E-state index contributed by atoms with van der Waals surface area (Å²) in [6.07, 6.45) is 0. The van der Waals surface area contributed by atoms with Gasteiger partial charge in [0.15, 0.2) is 0 Å². The highest BCUT2D eigenvalue weighted by Crippen LogP contribution is 2.28. The quantitative estimate of drug-likeness (QED) is 0.672. The van der Waals surface area contributed by atoms with E-state index >= 15 is 0 Å². The minimum absolute atomic E-state index is 0.758. The summed E-state index contributed by atoms with van der Waals surface area (Å²) in [7, 11) is 0. The molecule has 1 aromatic heterocycles. The van der Waals surface area contributed by atoms with Gasteiger partial charge in [0.2, 0.25) is 0 Å². The summed E-state index contributed by atoms with van der Waals surface area (Å²) in [4.78, 5) is 0. The summed E-state index contributed by atoms with van der Waals surface area (Å²) < 4.78 is 2.32. The van der Waals surface area contributed by atoms with E-state index in [0.29, 0.717) is 0 Å². The van der Waals surface area contributed by atoms with Gasteiger partial charge in [-0.25, -0.2) is 0 Å². The fourth-order valence-electron chi connectivity index (χ4n) is 2.05. The summed E-state index contributed by atoms with van der Waals surface area (Å²) in [6.45, 7) is 0.788. The van der Waals surface area contributed by atoms with Crippen LogP contribution in [0.25, 0.3) is 10.1 Å². The van der Waals surface area contributed by atoms with Crippen molar-refractivity contribution in [2.75, 3.05) is 11.1 Å². The zero-order chi connectivity index (χ0) is 13.2.